The predicted molar refractivity (Wildman–Crippen MR) is 105 cm³/mol. The zero-order valence-electron chi connectivity index (χ0n) is 16.7. The molecule has 150 valence electrons. The average Bonchev–Trinajstić information content (AvgIpc) is 2.68. The van der Waals surface area contributed by atoms with Crippen molar-refractivity contribution in [2.45, 2.75) is 52.1 Å². The maximum absolute atomic E-state index is 12.4. The van der Waals surface area contributed by atoms with Crippen molar-refractivity contribution in [2.24, 2.45) is 5.92 Å². The molecule has 7 nitrogen and oxygen atoms in total. The van der Waals surface area contributed by atoms with E-state index in [-0.39, 0.29) is 5.91 Å². The van der Waals surface area contributed by atoms with Crippen molar-refractivity contribution in [2.75, 3.05) is 44.7 Å². The van der Waals surface area contributed by atoms with E-state index >= 15 is 0 Å². The standard InChI is InChI=1S/C20H33N5O2/c1-16(2)23-20-21-12-18(13-22-20)15-24-7-3-4-17(14-24)5-6-19(26)25-8-10-27-11-9-25/h12-13,16-17H,3-11,14-15H2,1-2H3,(H,21,22,23)/t17-/m1/s1. The first-order valence-corrected chi connectivity index (χ1v) is 10.3. The van der Waals surface area contributed by atoms with E-state index in [1.54, 1.807) is 0 Å². The maximum Gasteiger partial charge on any atom is 0.222 e. The van der Waals surface area contributed by atoms with Gasteiger partial charge in [-0.3, -0.25) is 9.69 Å². The lowest BCUT2D eigenvalue weighted by molar-refractivity contribution is -0.135. The quantitative estimate of drug-likeness (QED) is 0.787. The normalized spacial score (nSPS) is 21.4. The summed E-state index contributed by atoms with van der Waals surface area (Å²) in [6, 6.07) is 0.332. The van der Waals surface area contributed by atoms with Crippen LogP contribution < -0.4 is 5.32 Å². The molecule has 2 fully saturated rings. The highest BCUT2D eigenvalue weighted by Gasteiger charge is 2.23. The van der Waals surface area contributed by atoms with Gasteiger partial charge in [-0.05, 0) is 45.6 Å². The van der Waals surface area contributed by atoms with Gasteiger partial charge in [-0.2, -0.15) is 0 Å². The third kappa shape index (κ3) is 6.43. The van der Waals surface area contributed by atoms with Crippen LogP contribution in [0.25, 0.3) is 0 Å². The van der Waals surface area contributed by atoms with Crippen molar-refractivity contribution < 1.29 is 9.53 Å². The maximum atomic E-state index is 12.4. The van der Waals surface area contributed by atoms with Gasteiger partial charge in [0.05, 0.1) is 13.2 Å². The van der Waals surface area contributed by atoms with E-state index in [1.165, 1.54) is 12.8 Å². The Bertz CT molecular complexity index is 587. The monoisotopic (exact) mass is 375 g/mol. The van der Waals surface area contributed by atoms with Crippen LogP contribution in [0.5, 0.6) is 0 Å². The molecular weight excluding hydrogens is 342 g/mol. The summed E-state index contributed by atoms with van der Waals surface area (Å²) in [5, 5.41) is 3.22. The first-order valence-electron chi connectivity index (χ1n) is 10.3. The molecule has 0 aliphatic carbocycles. The number of carbonyl (C=O) groups excluding carboxylic acids is 1. The Morgan fingerprint density at radius 2 is 2.00 bits per heavy atom. The summed E-state index contributed by atoms with van der Waals surface area (Å²) in [6.45, 7) is 10.1. The molecule has 1 aromatic heterocycles. The highest BCUT2D eigenvalue weighted by atomic mass is 16.5. The minimum absolute atomic E-state index is 0.289. The van der Waals surface area contributed by atoms with E-state index < -0.39 is 0 Å². The fraction of sp³-hybridized carbons (Fsp3) is 0.750. The fourth-order valence-corrected chi connectivity index (χ4v) is 3.86. The smallest absolute Gasteiger partial charge is 0.222 e. The Balaban J connectivity index is 1.42. The van der Waals surface area contributed by atoms with Gasteiger partial charge in [0.1, 0.15) is 0 Å². The number of hydrogen-bond donors (Lipinski definition) is 1. The number of nitrogens with zero attached hydrogens (tertiary/aromatic N) is 4. The Morgan fingerprint density at radius 3 is 2.70 bits per heavy atom. The second kappa shape index (κ2) is 9.99. The minimum atomic E-state index is 0.289. The van der Waals surface area contributed by atoms with Gasteiger partial charge in [0.15, 0.2) is 0 Å². The van der Waals surface area contributed by atoms with Gasteiger partial charge in [0, 0.05) is 56.6 Å². The van der Waals surface area contributed by atoms with Crippen molar-refractivity contribution in [3.05, 3.63) is 18.0 Å². The van der Waals surface area contributed by atoms with Crippen LogP contribution in [0.2, 0.25) is 0 Å². The largest absolute Gasteiger partial charge is 0.378 e. The summed E-state index contributed by atoms with van der Waals surface area (Å²) in [5.74, 6) is 1.58. The molecule has 3 rings (SSSR count). The number of piperidine rings is 1. The zero-order chi connectivity index (χ0) is 19.1. The van der Waals surface area contributed by atoms with Gasteiger partial charge in [-0.25, -0.2) is 9.97 Å². The third-order valence-corrected chi connectivity index (χ3v) is 5.26. The molecule has 0 aromatic carbocycles. The molecule has 27 heavy (non-hydrogen) atoms. The van der Waals surface area contributed by atoms with Crippen LogP contribution in [0.3, 0.4) is 0 Å². The molecule has 0 spiro atoms. The summed E-state index contributed by atoms with van der Waals surface area (Å²) in [5.41, 5.74) is 1.15. The van der Waals surface area contributed by atoms with Gasteiger partial charge in [0.2, 0.25) is 11.9 Å². The number of likely N-dealkylation sites (tertiary alicyclic amines) is 1. The summed E-state index contributed by atoms with van der Waals surface area (Å²) in [4.78, 5) is 25.6. The fourth-order valence-electron chi connectivity index (χ4n) is 3.86. The van der Waals surface area contributed by atoms with Crippen molar-refractivity contribution in [3.8, 4) is 0 Å². The molecule has 2 saturated heterocycles. The van der Waals surface area contributed by atoms with E-state index in [9.17, 15) is 4.79 Å². The number of hydrogen-bond acceptors (Lipinski definition) is 6. The first-order chi connectivity index (χ1) is 13.1. The number of anilines is 1. The van der Waals surface area contributed by atoms with Crippen molar-refractivity contribution >= 4 is 11.9 Å². The van der Waals surface area contributed by atoms with Crippen LogP contribution in [0.15, 0.2) is 12.4 Å². The number of aromatic nitrogens is 2. The van der Waals surface area contributed by atoms with E-state index in [0.29, 0.717) is 37.5 Å². The minimum Gasteiger partial charge on any atom is -0.378 e. The summed E-state index contributed by atoms with van der Waals surface area (Å²) in [7, 11) is 0. The van der Waals surface area contributed by atoms with Gasteiger partial charge in [0.25, 0.3) is 0 Å². The lowest BCUT2D eigenvalue weighted by Crippen LogP contribution is -2.41. The second-order valence-electron chi connectivity index (χ2n) is 7.99. The van der Waals surface area contributed by atoms with Crippen LogP contribution in [0, 0.1) is 5.92 Å². The highest BCUT2D eigenvalue weighted by Crippen LogP contribution is 2.23. The third-order valence-electron chi connectivity index (χ3n) is 5.26. The van der Waals surface area contributed by atoms with Crippen molar-refractivity contribution in [3.63, 3.8) is 0 Å². The summed E-state index contributed by atoms with van der Waals surface area (Å²) < 4.78 is 5.33. The molecule has 3 heterocycles. The highest BCUT2D eigenvalue weighted by molar-refractivity contribution is 5.76. The van der Waals surface area contributed by atoms with E-state index in [2.05, 4.69) is 34.0 Å². The van der Waals surface area contributed by atoms with Crippen LogP contribution in [0.1, 0.15) is 45.1 Å². The average molecular weight is 376 g/mol. The van der Waals surface area contributed by atoms with Gasteiger partial charge < -0.3 is 15.0 Å². The Morgan fingerprint density at radius 1 is 1.26 bits per heavy atom. The predicted octanol–water partition coefficient (Wildman–Crippen LogP) is 2.15. The zero-order valence-corrected chi connectivity index (χ0v) is 16.7. The molecule has 1 amide bonds. The Labute approximate surface area is 162 Å². The first kappa shape index (κ1) is 20.0. The van der Waals surface area contributed by atoms with E-state index in [0.717, 1.165) is 44.7 Å². The second-order valence-corrected chi connectivity index (χ2v) is 7.99. The molecule has 0 bridgehead atoms. The van der Waals surface area contributed by atoms with Gasteiger partial charge >= 0.3 is 0 Å². The number of amides is 1. The number of carbonyl (C=O) groups is 1. The number of nitrogens with one attached hydrogen (secondary N) is 1. The lowest BCUT2D eigenvalue weighted by Gasteiger charge is -2.33. The summed E-state index contributed by atoms with van der Waals surface area (Å²) in [6.07, 6.45) is 7.91. The van der Waals surface area contributed by atoms with Crippen LogP contribution >= 0.6 is 0 Å². The van der Waals surface area contributed by atoms with Crippen LogP contribution in [-0.2, 0) is 16.1 Å². The van der Waals surface area contributed by atoms with E-state index in [4.69, 9.17) is 4.74 Å². The topological polar surface area (TPSA) is 70.6 Å². The van der Waals surface area contributed by atoms with Crippen LogP contribution in [0.4, 0.5) is 5.95 Å². The number of rotatable bonds is 7. The molecule has 0 saturated carbocycles. The molecule has 1 aromatic rings. The van der Waals surface area contributed by atoms with Crippen molar-refractivity contribution in [1.29, 1.82) is 0 Å². The van der Waals surface area contributed by atoms with Crippen LogP contribution in [-0.4, -0.2) is 71.1 Å². The molecule has 2 aliphatic rings. The molecular formula is C20H33N5O2. The SMILES string of the molecule is CC(C)Nc1ncc(CN2CCC[C@H](CCC(=O)N3CCOCC3)C2)cn1. The molecule has 1 atom stereocenters. The van der Waals surface area contributed by atoms with Crippen molar-refractivity contribution in [1.82, 2.24) is 19.8 Å². The lowest BCUT2D eigenvalue weighted by atomic mass is 9.93. The molecule has 7 heteroatoms. The molecule has 2 aliphatic heterocycles. The summed E-state index contributed by atoms with van der Waals surface area (Å²) >= 11 is 0. The molecule has 0 radical (unpaired) electrons. The van der Waals surface area contributed by atoms with Gasteiger partial charge in [-0.1, -0.05) is 0 Å². The van der Waals surface area contributed by atoms with E-state index in [1.807, 2.05) is 17.3 Å². The van der Waals surface area contributed by atoms with Gasteiger partial charge in [-0.15, -0.1) is 0 Å². The number of ether oxygens (including phenoxy) is 1. The Hall–Kier alpha value is -1.73. The number of morpholine rings is 1. The molecule has 0 unspecified atom stereocenters. The molecule has 1 N–H and O–H groups in total. The Kier molecular flexibility index (Phi) is 7.41.